The number of hydrogen-bond acceptors (Lipinski definition) is 4. The molecule has 0 aromatic heterocycles. The topological polar surface area (TPSA) is 44.8 Å². The Hall–Kier alpha value is -1.40. The van der Waals surface area contributed by atoms with Gasteiger partial charge in [0, 0.05) is 49.1 Å². The van der Waals surface area contributed by atoms with E-state index >= 15 is 0 Å². The number of morpholine rings is 1. The number of urea groups is 1. The Bertz CT molecular complexity index is 580. The minimum Gasteiger partial charge on any atom is -0.372 e. The van der Waals surface area contributed by atoms with Crippen molar-refractivity contribution in [2.24, 2.45) is 0 Å². The molecule has 6 heteroatoms. The minimum absolute atomic E-state index is 0.0430. The zero-order valence-electron chi connectivity index (χ0n) is 14.7. The first-order chi connectivity index (χ1) is 11.5. The number of rotatable bonds is 2. The van der Waals surface area contributed by atoms with Crippen LogP contribution in [0, 0.1) is 6.92 Å². The highest BCUT2D eigenvalue weighted by atomic mass is 32.2. The Labute approximate surface area is 148 Å². The van der Waals surface area contributed by atoms with Crippen LogP contribution in [0.1, 0.15) is 19.4 Å². The molecule has 5 nitrogen and oxygen atoms in total. The second kappa shape index (κ2) is 7.66. The number of thioether (sulfide) groups is 1. The van der Waals surface area contributed by atoms with Crippen molar-refractivity contribution in [3.05, 3.63) is 23.8 Å². The zero-order valence-corrected chi connectivity index (χ0v) is 15.6. The van der Waals surface area contributed by atoms with E-state index in [1.54, 1.807) is 0 Å². The van der Waals surface area contributed by atoms with Gasteiger partial charge in [-0.05, 0) is 44.5 Å². The summed E-state index contributed by atoms with van der Waals surface area (Å²) >= 11 is 2.01. The molecular weight excluding hydrogens is 322 g/mol. The molecule has 2 saturated heterocycles. The summed E-state index contributed by atoms with van der Waals surface area (Å²) in [5.41, 5.74) is 3.35. The van der Waals surface area contributed by atoms with Crippen LogP contribution in [-0.4, -0.2) is 60.8 Å². The second-order valence-electron chi connectivity index (χ2n) is 6.69. The number of benzene rings is 1. The van der Waals surface area contributed by atoms with E-state index in [0.717, 1.165) is 18.8 Å². The quantitative estimate of drug-likeness (QED) is 0.891. The fourth-order valence-electron chi connectivity index (χ4n) is 3.44. The first-order valence-electron chi connectivity index (χ1n) is 8.67. The summed E-state index contributed by atoms with van der Waals surface area (Å²) in [4.78, 5) is 16.8. The predicted octanol–water partition coefficient (Wildman–Crippen LogP) is 3.19. The molecule has 1 N–H and O–H groups in total. The van der Waals surface area contributed by atoms with Crippen molar-refractivity contribution in [2.75, 3.05) is 47.9 Å². The summed E-state index contributed by atoms with van der Waals surface area (Å²) in [6.07, 6.45) is 0.168. The minimum atomic E-state index is -0.0430. The largest absolute Gasteiger partial charge is 0.372 e. The normalized spacial score (nSPS) is 24.8. The van der Waals surface area contributed by atoms with E-state index in [-0.39, 0.29) is 18.2 Å². The summed E-state index contributed by atoms with van der Waals surface area (Å²) in [5, 5.41) is 3.03. The Kier molecular flexibility index (Phi) is 5.56. The molecule has 2 fully saturated rings. The molecule has 0 bridgehead atoms. The van der Waals surface area contributed by atoms with Gasteiger partial charge in [-0.2, -0.15) is 11.8 Å². The molecule has 0 spiro atoms. The Morgan fingerprint density at radius 2 is 1.88 bits per heavy atom. The van der Waals surface area contributed by atoms with Crippen molar-refractivity contribution in [3.63, 3.8) is 0 Å². The maximum Gasteiger partial charge on any atom is 0.322 e. The van der Waals surface area contributed by atoms with E-state index in [1.165, 1.54) is 22.8 Å². The molecule has 0 saturated carbocycles. The lowest BCUT2D eigenvalue weighted by Gasteiger charge is -2.35. The molecule has 2 aliphatic rings. The molecule has 24 heavy (non-hydrogen) atoms. The van der Waals surface area contributed by atoms with Crippen LogP contribution in [0.4, 0.5) is 16.2 Å². The predicted molar refractivity (Wildman–Crippen MR) is 101 cm³/mol. The standard InChI is InChI=1S/C18H27N3O2S/c1-13-10-16(4-5-17(13)20-6-8-24-9-7-20)19-18(22)21-11-14(2)23-15(3)12-21/h4-5,10,14-15H,6-9,11-12H2,1-3H3,(H,19,22)/t14-,15+. The van der Waals surface area contributed by atoms with Crippen molar-refractivity contribution >= 4 is 29.2 Å². The van der Waals surface area contributed by atoms with Crippen LogP contribution < -0.4 is 10.2 Å². The number of carbonyl (C=O) groups excluding carboxylic acids is 1. The van der Waals surface area contributed by atoms with Crippen LogP contribution in [0.15, 0.2) is 18.2 Å². The number of hydrogen-bond donors (Lipinski definition) is 1. The van der Waals surface area contributed by atoms with Gasteiger partial charge in [0.25, 0.3) is 0 Å². The average molecular weight is 350 g/mol. The van der Waals surface area contributed by atoms with Crippen LogP contribution in [-0.2, 0) is 4.74 Å². The van der Waals surface area contributed by atoms with Gasteiger partial charge in [-0.15, -0.1) is 0 Å². The van der Waals surface area contributed by atoms with Crippen LogP contribution in [0.5, 0.6) is 0 Å². The van der Waals surface area contributed by atoms with Gasteiger partial charge < -0.3 is 19.9 Å². The Morgan fingerprint density at radius 1 is 1.21 bits per heavy atom. The second-order valence-corrected chi connectivity index (χ2v) is 7.92. The molecule has 0 radical (unpaired) electrons. The molecule has 1 aromatic rings. The molecular formula is C18H27N3O2S. The number of carbonyl (C=O) groups is 1. The SMILES string of the molecule is Cc1cc(NC(=O)N2C[C@@H](C)O[C@@H](C)C2)ccc1N1CCSCC1. The Balaban J connectivity index is 1.64. The van der Waals surface area contributed by atoms with Gasteiger partial charge in [0.1, 0.15) is 0 Å². The van der Waals surface area contributed by atoms with Gasteiger partial charge in [0.15, 0.2) is 0 Å². The number of anilines is 2. The molecule has 2 heterocycles. The molecule has 1 aromatic carbocycles. The smallest absolute Gasteiger partial charge is 0.322 e. The maximum absolute atomic E-state index is 12.5. The highest BCUT2D eigenvalue weighted by Crippen LogP contribution is 2.26. The fourth-order valence-corrected chi connectivity index (χ4v) is 4.34. The highest BCUT2D eigenvalue weighted by Gasteiger charge is 2.26. The number of aryl methyl sites for hydroxylation is 1. The van der Waals surface area contributed by atoms with E-state index in [4.69, 9.17) is 4.74 Å². The summed E-state index contributed by atoms with van der Waals surface area (Å²) in [7, 11) is 0. The van der Waals surface area contributed by atoms with Crippen LogP contribution >= 0.6 is 11.8 Å². The highest BCUT2D eigenvalue weighted by molar-refractivity contribution is 7.99. The molecule has 3 rings (SSSR count). The maximum atomic E-state index is 12.5. The van der Waals surface area contributed by atoms with Crippen LogP contribution in [0.3, 0.4) is 0 Å². The van der Waals surface area contributed by atoms with Crippen molar-refractivity contribution in [1.29, 1.82) is 0 Å². The van der Waals surface area contributed by atoms with Gasteiger partial charge in [-0.3, -0.25) is 0 Å². The molecule has 2 amide bonds. The lowest BCUT2D eigenvalue weighted by Crippen LogP contribution is -2.49. The van der Waals surface area contributed by atoms with E-state index in [1.807, 2.05) is 36.6 Å². The number of nitrogens with one attached hydrogen (secondary N) is 1. The first kappa shape index (κ1) is 17.4. The van der Waals surface area contributed by atoms with E-state index in [0.29, 0.717) is 13.1 Å². The average Bonchev–Trinajstić information content (AvgIpc) is 2.55. The van der Waals surface area contributed by atoms with E-state index in [2.05, 4.69) is 29.3 Å². The third kappa shape index (κ3) is 4.16. The molecule has 2 atom stereocenters. The summed E-state index contributed by atoms with van der Waals surface area (Å²) in [6.45, 7) is 9.60. The fraction of sp³-hybridized carbons (Fsp3) is 0.611. The van der Waals surface area contributed by atoms with Crippen LogP contribution in [0.2, 0.25) is 0 Å². The number of ether oxygens (including phenoxy) is 1. The molecule has 0 unspecified atom stereocenters. The van der Waals surface area contributed by atoms with Crippen molar-refractivity contribution in [1.82, 2.24) is 4.90 Å². The lowest BCUT2D eigenvalue weighted by atomic mass is 10.1. The summed E-state index contributed by atoms with van der Waals surface area (Å²) in [6, 6.07) is 6.17. The third-order valence-electron chi connectivity index (χ3n) is 4.51. The summed E-state index contributed by atoms with van der Waals surface area (Å²) in [5.74, 6) is 2.37. The lowest BCUT2D eigenvalue weighted by molar-refractivity contribution is -0.0530. The van der Waals surface area contributed by atoms with Crippen molar-refractivity contribution in [3.8, 4) is 0 Å². The zero-order chi connectivity index (χ0) is 17.1. The van der Waals surface area contributed by atoms with E-state index in [9.17, 15) is 4.79 Å². The van der Waals surface area contributed by atoms with Gasteiger partial charge >= 0.3 is 6.03 Å². The van der Waals surface area contributed by atoms with Crippen molar-refractivity contribution in [2.45, 2.75) is 33.0 Å². The number of nitrogens with zero attached hydrogens (tertiary/aromatic N) is 2. The molecule has 0 aliphatic carbocycles. The van der Waals surface area contributed by atoms with Gasteiger partial charge in [-0.1, -0.05) is 0 Å². The first-order valence-corrected chi connectivity index (χ1v) is 9.83. The summed E-state index contributed by atoms with van der Waals surface area (Å²) < 4.78 is 5.69. The number of amides is 2. The molecule has 132 valence electrons. The van der Waals surface area contributed by atoms with Crippen molar-refractivity contribution < 1.29 is 9.53 Å². The monoisotopic (exact) mass is 349 g/mol. The third-order valence-corrected chi connectivity index (χ3v) is 5.45. The van der Waals surface area contributed by atoms with E-state index < -0.39 is 0 Å². The molecule has 2 aliphatic heterocycles. The van der Waals surface area contributed by atoms with Gasteiger partial charge in [0.2, 0.25) is 0 Å². The van der Waals surface area contributed by atoms with Crippen LogP contribution in [0.25, 0.3) is 0 Å². The Morgan fingerprint density at radius 3 is 2.50 bits per heavy atom. The van der Waals surface area contributed by atoms with Gasteiger partial charge in [0.05, 0.1) is 12.2 Å². The van der Waals surface area contributed by atoms with Gasteiger partial charge in [-0.25, -0.2) is 4.79 Å².